The number of methoxy groups -OCH3 is 1. The van der Waals surface area contributed by atoms with Crippen LogP contribution >= 0.6 is 22.9 Å². The van der Waals surface area contributed by atoms with Crippen LogP contribution in [0.15, 0.2) is 50.7 Å². The summed E-state index contributed by atoms with van der Waals surface area (Å²) in [5, 5.41) is 14.3. The third-order valence-electron chi connectivity index (χ3n) is 7.18. The summed E-state index contributed by atoms with van der Waals surface area (Å²) < 4.78 is 38.9. The Morgan fingerprint density at radius 1 is 1.27 bits per heavy atom. The number of allylic oxidation sites excluding steroid dienone is 1. The number of carboxylic acid groups (broad SMARTS) is 1. The minimum atomic E-state index is -1.24. The highest BCUT2D eigenvalue weighted by molar-refractivity contribution is 7.11. The molecule has 4 aliphatic rings. The van der Waals surface area contributed by atoms with Crippen molar-refractivity contribution < 1.29 is 32.6 Å². The molecular formula is C24H17ClF2N4O5S. The topological polar surface area (TPSA) is 127 Å². The van der Waals surface area contributed by atoms with Crippen molar-refractivity contribution in [3.63, 3.8) is 0 Å². The fraction of sp³-hybridized carbons (Fsp3) is 0.292. The first-order valence-electron chi connectivity index (χ1n) is 11.1. The highest BCUT2D eigenvalue weighted by Gasteiger charge is 2.73. The number of esters is 1. The van der Waals surface area contributed by atoms with Gasteiger partial charge in [-0.2, -0.15) is 0 Å². The summed E-state index contributed by atoms with van der Waals surface area (Å²) in [6, 6.07) is 1.14. The summed E-state index contributed by atoms with van der Waals surface area (Å²) >= 11 is 7.52. The molecule has 37 heavy (non-hydrogen) atoms. The minimum absolute atomic E-state index is 0.106. The van der Waals surface area contributed by atoms with Crippen LogP contribution in [0.3, 0.4) is 0 Å². The van der Waals surface area contributed by atoms with Crippen LogP contribution in [0, 0.1) is 17.0 Å². The summed E-state index contributed by atoms with van der Waals surface area (Å²) in [6.45, 7) is 0. The van der Waals surface area contributed by atoms with Crippen LogP contribution in [0.5, 0.6) is 0 Å². The summed E-state index contributed by atoms with van der Waals surface area (Å²) in [5.74, 6) is -3.56. The van der Waals surface area contributed by atoms with Crippen molar-refractivity contribution in [3.05, 3.63) is 80.1 Å². The Kier molecular flexibility index (Phi) is 5.25. The van der Waals surface area contributed by atoms with E-state index in [1.54, 1.807) is 11.6 Å². The number of nitrogens with zero attached hydrogens (tertiary/aromatic N) is 3. The van der Waals surface area contributed by atoms with Crippen molar-refractivity contribution in [2.24, 2.45) is 10.4 Å². The molecule has 2 N–H and O–H groups in total. The number of halogens is 3. The minimum Gasteiger partial charge on any atom is -0.476 e. The molecular weight excluding hydrogens is 530 g/mol. The molecule has 1 aromatic carbocycles. The van der Waals surface area contributed by atoms with E-state index in [0.29, 0.717) is 41.7 Å². The zero-order valence-corrected chi connectivity index (χ0v) is 20.6. The number of aromatic nitrogens is 2. The maximum Gasteiger partial charge on any atom is 0.357 e. The van der Waals surface area contributed by atoms with Gasteiger partial charge in [0.1, 0.15) is 12.3 Å². The van der Waals surface area contributed by atoms with Crippen molar-refractivity contribution >= 4 is 40.7 Å². The number of carbonyl (C=O) groups is 2. The molecule has 3 heterocycles. The third kappa shape index (κ3) is 3.42. The average molecular weight is 547 g/mol. The molecule has 0 saturated heterocycles. The molecule has 9 nitrogen and oxygen atoms in total. The van der Waals surface area contributed by atoms with Gasteiger partial charge in [0.15, 0.2) is 28.2 Å². The number of benzene rings is 1. The van der Waals surface area contributed by atoms with Gasteiger partial charge in [0.25, 0.3) is 0 Å². The number of amidine groups is 1. The molecule has 3 fully saturated rings. The lowest BCUT2D eigenvalue weighted by atomic mass is 9.33. The third-order valence-corrected chi connectivity index (χ3v) is 8.35. The molecule has 13 heteroatoms. The molecule has 1 unspecified atom stereocenters. The molecule has 1 atom stereocenters. The van der Waals surface area contributed by atoms with Gasteiger partial charge in [-0.25, -0.2) is 28.3 Å². The van der Waals surface area contributed by atoms with Crippen molar-refractivity contribution in [1.82, 2.24) is 15.3 Å². The second kappa shape index (κ2) is 8.18. The predicted octanol–water partition coefficient (Wildman–Crippen LogP) is 4.40. The second-order valence-electron chi connectivity index (χ2n) is 9.32. The van der Waals surface area contributed by atoms with Crippen LogP contribution in [0.1, 0.15) is 52.3 Å². The summed E-state index contributed by atoms with van der Waals surface area (Å²) in [6.07, 6.45) is 4.27. The first kappa shape index (κ1) is 23.7. The van der Waals surface area contributed by atoms with Crippen LogP contribution in [-0.2, 0) is 14.9 Å². The zero-order valence-electron chi connectivity index (χ0n) is 19.0. The van der Waals surface area contributed by atoms with E-state index in [0.717, 1.165) is 12.3 Å². The second-order valence-corrected chi connectivity index (χ2v) is 10.6. The summed E-state index contributed by atoms with van der Waals surface area (Å²) in [4.78, 5) is 37.4. The van der Waals surface area contributed by atoms with Gasteiger partial charge in [0.2, 0.25) is 5.89 Å². The molecule has 0 radical (unpaired) electrons. The lowest BCUT2D eigenvalue weighted by molar-refractivity contribution is -0.140. The smallest absolute Gasteiger partial charge is 0.357 e. The molecule has 2 bridgehead atoms. The average Bonchev–Trinajstić information content (AvgIpc) is 3.53. The SMILES string of the molecule is COC(=O)C1=C(C23CC(c4nc(C(=O)O)co4)(C2)C3)NC(c2nccs2)=NC1c1ccc(F)c(F)c1Cl. The molecule has 190 valence electrons. The Labute approximate surface area is 216 Å². The standard InChI is InChI=1S/C24H17ClF2N4O5S/c1-35-21(34)13-16(10-2-3-11(26)15(27)14(10)25)30-18(19-28-4-5-37-19)31-17(13)23-7-24(8-23,9-23)22-29-12(6-36-22)20(32)33/h2-6,16H,7-9H2,1H3,(H,30,31)(H,32,33). The number of nitrogens with one attached hydrogen (secondary N) is 1. The largest absolute Gasteiger partial charge is 0.476 e. The Morgan fingerprint density at radius 2 is 2.03 bits per heavy atom. The Morgan fingerprint density at radius 3 is 2.65 bits per heavy atom. The number of rotatable bonds is 6. The number of aromatic carboxylic acids is 1. The van der Waals surface area contributed by atoms with Gasteiger partial charge in [-0.1, -0.05) is 17.7 Å². The van der Waals surface area contributed by atoms with Crippen LogP contribution in [0.2, 0.25) is 5.02 Å². The van der Waals surface area contributed by atoms with Gasteiger partial charge in [-0.3, -0.25) is 4.99 Å². The number of hydrogen-bond acceptors (Lipinski definition) is 9. The molecule has 1 aliphatic heterocycles. The summed E-state index contributed by atoms with van der Waals surface area (Å²) in [5.41, 5.74) is -0.406. The Hall–Kier alpha value is -3.64. The van der Waals surface area contributed by atoms with Crippen molar-refractivity contribution in [1.29, 1.82) is 0 Å². The summed E-state index contributed by atoms with van der Waals surface area (Å²) in [7, 11) is 1.22. The van der Waals surface area contributed by atoms with Gasteiger partial charge in [0, 0.05) is 33.7 Å². The van der Waals surface area contributed by atoms with Gasteiger partial charge in [-0.05, 0) is 25.3 Å². The molecule has 3 aromatic rings. The van der Waals surface area contributed by atoms with Gasteiger partial charge < -0.3 is 19.6 Å². The lowest BCUT2D eigenvalue weighted by Crippen LogP contribution is -2.68. The zero-order chi connectivity index (χ0) is 26.1. The van der Waals surface area contributed by atoms with E-state index in [4.69, 9.17) is 20.8 Å². The number of hydrogen-bond donors (Lipinski definition) is 2. The molecule has 2 aromatic heterocycles. The highest BCUT2D eigenvalue weighted by Crippen LogP contribution is 2.76. The Balaban J connectivity index is 1.45. The number of thiazole rings is 1. The maximum absolute atomic E-state index is 14.5. The van der Waals surface area contributed by atoms with Crippen molar-refractivity contribution in [2.75, 3.05) is 7.11 Å². The van der Waals surface area contributed by atoms with Crippen LogP contribution in [0.4, 0.5) is 8.78 Å². The predicted molar refractivity (Wildman–Crippen MR) is 126 cm³/mol. The normalized spacial score (nSPS) is 26.1. The van der Waals surface area contributed by atoms with E-state index in [-0.39, 0.29) is 16.8 Å². The highest BCUT2D eigenvalue weighted by atomic mass is 35.5. The monoisotopic (exact) mass is 546 g/mol. The molecule has 7 rings (SSSR count). The number of ether oxygens (including phenoxy) is 1. The fourth-order valence-corrected chi connectivity index (χ4v) is 6.46. The van der Waals surface area contributed by atoms with Crippen molar-refractivity contribution in [2.45, 2.75) is 30.7 Å². The molecule has 0 spiro atoms. The number of oxazole rings is 1. The van der Waals surface area contributed by atoms with E-state index in [1.165, 1.54) is 24.5 Å². The number of carbonyl (C=O) groups excluding carboxylic acids is 1. The quantitative estimate of drug-likeness (QED) is 0.344. The van der Waals surface area contributed by atoms with Crippen LogP contribution < -0.4 is 5.32 Å². The Bertz CT molecular complexity index is 1510. The first-order chi connectivity index (χ1) is 17.7. The van der Waals surface area contributed by atoms with Crippen LogP contribution in [-0.4, -0.2) is 40.0 Å². The molecule has 3 saturated carbocycles. The van der Waals surface area contributed by atoms with E-state index in [9.17, 15) is 23.5 Å². The van der Waals surface area contributed by atoms with Crippen LogP contribution in [0.25, 0.3) is 0 Å². The maximum atomic E-state index is 14.5. The van der Waals surface area contributed by atoms with E-state index in [2.05, 4.69) is 20.3 Å². The lowest BCUT2D eigenvalue weighted by Gasteiger charge is -2.70. The van der Waals surface area contributed by atoms with Crippen molar-refractivity contribution in [3.8, 4) is 0 Å². The van der Waals surface area contributed by atoms with Gasteiger partial charge >= 0.3 is 11.9 Å². The van der Waals surface area contributed by atoms with Gasteiger partial charge in [-0.15, -0.1) is 11.3 Å². The molecule has 0 amide bonds. The number of carboxylic acids is 1. The number of aliphatic imine (C=N–C) groups is 1. The van der Waals surface area contributed by atoms with E-state index < -0.39 is 45.5 Å². The van der Waals surface area contributed by atoms with Gasteiger partial charge in [0.05, 0.1) is 17.7 Å². The fourth-order valence-electron chi connectivity index (χ4n) is 5.61. The first-order valence-corrected chi connectivity index (χ1v) is 12.3. The van der Waals surface area contributed by atoms with E-state index >= 15 is 0 Å². The molecule has 3 aliphatic carbocycles. The van der Waals surface area contributed by atoms with E-state index in [1.807, 2.05) is 0 Å².